The van der Waals surface area contributed by atoms with E-state index in [1.54, 1.807) is 6.33 Å². The van der Waals surface area contributed by atoms with E-state index in [0.717, 1.165) is 56.4 Å². The number of hydrogen-bond donors (Lipinski definition) is 0. The largest absolute Gasteiger partial charge is 0.343 e. The minimum atomic E-state index is 0.431. The lowest BCUT2D eigenvalue weighted by Gasteiger charge is -2.43. The molecule has 1 aromatic heterocycles. The number of carbonyl (C=O) groups is 1. The summed E-state index contributed by atoms with van der Waals surface area (Å²) in [4.78, 5) is 15.0. The molecule has 5 heteroatoms. The van der Waals surface area contributed by atoms with E-state index in [2.05, 4.69) is 15.1 Å². The third-order valence-electron chi connectivity index (χ3n) is 7.16. The van der Waals surface area contributed by atoms with Crippen LogP contribution in [0.3, 0.4) is 0 Å². The number of hydrogen-bond acceptors (Lipinski definition) is 3. The molecule has 0 aromatic carbocycles. The molecule has 1 amide bonds. The predicted molar refractivity (Wildman–Crippen MR) is 96.8 cm³/mol. The van der Waals surface area contributed by atoms with Crippen molar-refractivity contribution in [3.8, 4) is 0 Å². The predicted octanol–water partition coefficient (Wildman–Crippen LogP) is 3.20. The second-order valence-corrected chi connectivity index (χ2v) is 8.64. The van der Waals surface area contributed by atoms with Crippen LogP contribution < -0.4 is 0 Å². The molecule has 5 nitrogen and oxygen atoms in total. The summed E-state index contributed by atoms with van der Waals surface area (Å²) >= 11 is 0. The Kier molecular flexibility index (Phi) is 5.09. The van der Waals surface area contributed by atoms with Gasteiger partial charge in [-0.2, -0.15) is 0 Å². The molecule has 1 aromatic rings. The van der Waals surface area contributed by atoms with E-state index >= 15 is 0 Å². The van der Waals surface area contributed by atoms with Gasteiger partial charge in [0.2, 0.25) is 5.91 Å². The zero-order valence-electron chi connectivity index (χ0n) is 15.6. The molecule has 25 heavy (non-hydrogen) atoms. The average molecular weight is 345 g/mol. The van der Waals surface area contributed by atoms with Crippen LogP contribution >= 0.6 is 0 Å². The molecule has 3 aliphatic rings. The molecule has 0 unspecified atom stereocenters. The molecule has 2 aliphatic carbocycles. The molecule has 0 atom stereocenters. The van der Waals surface area contributed by atoms with Crippen molar-refractivity contribution in [2.24, 2.45) is 30.7 Å². The molecule has 1 aliphatic heterocycles. The Morgan fingerprint density at radius 1 is 1.12 bits per heavy atom. The second-order valence-electron chi connectivity index (χ2n) is 8.64. The average Bonchev–Trinajstić information content (AvgIpc) is 2.89. The van der Waals surface area contributed by atoms with E-state index in [0.29, 0.717) is 17.7 Å². The highest BCUT2D eigenvalue weighted by Crippen LogP contribution is 2.46. The quantitative estimate of drug-likeness (QED) is 0.796. The van der Waals surface area contributed by atoms with Crippen LogP contribution in [0.15, 0.2) is 6.33 Å². The molecule has 3 fully saturated rings. The van der Waals surface area contributed by atoms with E-state index in [1.165, 1.54) is 38.5 Å². The van der Waals surface area contributed by atoms with Gasteiger partial charge in [-0.25, -0.2) is 0 Å². The Morgan fingerprint density at radius 2 is 1.76 bits per heavy atom. The van der Waals surface area contributed by atoms with E-state index in [4.69, 9.17) is 0 Å². The Morgan fingerprint density at radius 3 is 2.24 bits per heavy atom. The summed E-state index contributed by atoms with van der Waals surface area (Å²) in [6, 6.07) is 0. The zero-order valence-corrected chi connectivity index (χ0v) is 15.6. The SMILES string of the molecule is Cn1cnnc1CC1CCN(C(=O)CC(C2CCC2)C2CCC2)CC1. The number of rotatable bonds is 6. The summed E-state index contributed by atoms with van der Waals surface area (Å²) in [6.07, 6.45) is 14.0. The minimum absolute atomic E-state index is 0.431. The van der Waals surface area contributed by atoms with Crippen molar-refractivity contribution >= 4 is 5.91 Å². The van der Waals surface area contributed by atoms with Gasteiger partial charge in [0, 0.05) is 33.0 Å². The van der Waals surface area contributed by atoms with Crippen molar-refractivity contribution in [1.82, 2.24) is 19.7 Å². The van der Waals surface area contributed by atoms with Crippen molar-refractivity contribution in [3.63, 3.8) is 0 Å². The number of aryl methyl sites for hydroxylation is 1. The molecular formula is C20H32N4O. The fourth-order valence-electron chi connectivity index (χ4n) is 4.92. The van der Waals surface area contributed by atoms with Crippen molar-refractivity contribution in [2.75, 3.05) is 13.1 Å². The van der Waals surface area contributed by atoms with Gasteiger partial charge in [0.1, 0.15) is 12.2 Å². The molecule has 1 saturated heterocycles. The number of likely N-dealkylation sites (tertiary alicyclic amines) is 1. The standard InChI is InChI=1S/C20H32N4O/c1-23-14-21-22-19(23)12-15-8-10-24(11-9-15)20(25)13-18(16-4-2-5-16)17-6-3-7-17/h14-18H,2-13H2,1H3. The molecule has 2 saturated carbocycles. The van der Waals surface area contributed by atoms with Crippen LogP contribution in [0.4, 0.5) is 0 Å². The fourth-order valence-corrected chi connectivity index (χ4v) is 4.92. The lowest BCUT2D eigenvalue weighted by atomic mass is 9.63. The second kappa shape index (κ2) is 7.46. The monoisotopic (exact) mass is 344 g/mol. The van der Waals surface area contributed by atoms with E-state index in [9.17, 15) is 4.79 Å². The van der Waals surface area contributed by atoms with Crippen LogP contribution in [0.25, 0.3) is 0 Å². The van der Waals surface area contributed by atoms with Crippen molar-refractivity contribution in [2.45, 2.75) is 64.2 Å². The van der Waals surface area contributed by atoms with Gasteiger partial charge in [0.05, 0.1) is 0 Å². The number of carbonyl (C=O) groups excluding carboxylic acids is 1. The van der Waals surface area contributed by atoms with Gasteiger partial charge in [-0.05, 0) is 36.5 Å². The summed E-state index contributed by atoms with van der Waals surface area (Å²) in [7, 11) is 2.01. The molecule has 4 rings (SSSR count). The third kappa shape index (κ3) is 3.75. The Balaban J connectivity index is 1.26. The van der Waals surface area contributed by atoms with Crippen LogP contribution in [0, 0.1) is 23.7 Å². The first-order valence-corrected chi connectivity index (χ1v) is 10.3. The summed E-state index contributed by atoms with van der Waals surface area (Å²) in [6.45, 7) is 1.87. The van der Waals surface area contributed by atoms with Gasteiger partial charge in [0.15, 0.2) is 0 Å². The van der Waals surface area contributed by atoms with Gasteiger partial charge in [-0.1, -0.05) is 38.5 Å². The minimum Gasteiger partial charge on any atom is -0.343 e. The van der Waals surface area contributed by atoms with Gasteiger partial charge in [-0.3, -0.25) is 4.79 Å². The lowest BCUT2D eigenvalue weighted by molar-refractivity contribution is -0.135. The highest BCUT2D eigenvalue weighted by Gasteiger charge is 2.38. The van der Waals surface area contributed by atoms with E-state index in [1.807, 2.05) is 11.6 Å². The van der Waals surface area contributed by atoms with Crippen molar-refractivity contribution in [3.05, 3.63) is 12.2 Å². The van der Waals surface area contributed by atoms with Crippen LogP contribution in [0.2, 0.25) is 0 Å². The van der Waals surface area contributed by atoms with Crippen molar-refractivity contribution in [1.29, 1.82) is 0 Å². The van der Waals surface area contributed by atoms with Gasteiger partial charge in [-0.15, -0.1) is 10.2 Å². The maximum atomic E-state index is 12.9. The fraction of sp³-hybridized carbons (Fsp3) is 0.850. The van der Waals surface area contributed by atoms with Gasteiger partial charge in [0.25, 0.3) is 0 Å². The topological polar surface area (TPSA) is 51.0 Å². The first-order chi connectivity index (χ1) is 12.2. The van der Waals surface area contributed by atoms with Crippen LogP contribution in [0.1, 0.15) is 63.6 Å². The zero-order chi connectivity index (χ0) is 17.2. The molecule has 138 valence electrons. The van der Waals surface area contributed by atoms with Crippen molar-refractivity contribution < 1.29 is 4.79 Å². The third-order valence-corrected chi connectivity index (χ3v) is 7.16. The number of amides is 1. The molecular weight excluding hydrogens is 312 g/mol. The Labute approximate surface area is 151 Å². The molecule has 0 bridgehead atoms. The smallest absolute Gasteiger partial charge is 0.222 e. The van der Waals surface area contributed by atoms with Crippen LogP contribution in [-0.4, -0.2) is 38.7 Å². The highest BCUT2D eigenvalue weighted by atomic mass is 16.2. The maximum Gasteiger partial charge on any atom is 0.222 e. The van der Waals surface area contributed by atoms with Crippen LogP contribution in [-0.2, 0) is 18.3 Å². The number of nitrogens with zero attached hydrogens (tertiary/aromatic N) is 4. The van der Waals surface area contributed by atoms with E-state index < -0.39 is 0 Å². The lowest BCUT2D eigenvalue weighted by Crippen LogP contribution is -2.42. The van der Waals surface area contributed by atoms with Gasteiger partial charge >= 0.3 is 0 Å². The van der Waals surface area contributed by atoms with Crippen LogP contribution in [0.5, 0.6) is 0 Å². The summed E-state index contributed by atoms with van der Waals surface area (Å²) in [5.74, 6) is 4.53. The summed E-state index contributed by atoms with van der Waals surface area (Å²) in [5.41, 5.74) is 0. The summed E-state index contributed by atoms with van der Waals surface area (Å²) < 4.78 is 2.01. The number of aromatic nitrogens is 3. The molecule has 0 spiro atoms. The Hall–Kier alpha value is -1.39. The molecule has 0 N–H and O–H groups in total. The normalized spacial score (nSPS) is 22.9. The maximum absolute atomic E-state index is 12.9. The van der Waals surface area contributed by atoms with E-state index in [-0.39, 0.29) is 0 Å². The first-order valence-electron chi connectivity index (χ1n) is 10.3. The van der Waals surface area contributed by atoms with Gasteiger partial charge < -0.3 is 9.47 Å². The number of piperidine rings is 1. The summed E-state index contributed by atoms with van der Waals surface area (Å²) in [5, 5.41) is 8.18. The Bertz CT molecular complexity index is 568. The molecule has 2 heterocycles. The highest BCUT2D eigenvalue weighted by molar-refractivity contribution is 5.76. The molecule has 0 radical (unpaired) electrons. The first kappa shape index (κ1) is 17.0.